The quantitative estimate of drug-likeness (QED) is 0.746. The maximum Gasteiger partial charge on any atom is 0.322 e. The second-order valence-corrected chi connectivity index (χ2v) is 7.85. The lowest BCUT2D eigenvalue weighted by Crippen LogP contribution is -2.47. The molecule has 1 fully saturated rings. The van der Waals surface area contributed by atoms with Crippen molar-refractivity contribution in [3.63, 3.8) is 0 Å². The number of nitrogens with one attached hydrogen (secondary N) is 1. The molecule has 1 unspecified atom stereocenters. The van der Waals surface area contributed by atoms with E-state index in [1.807, 2.05) is 6.92 Å². The third-order valence-electron chi connectivity index (χ3n) is 5.61. The molecule has 1 N–H and O–H groups in total. The summed E-state index contributed by atoms with van der Waals surface area (Å²) in [6, 6.07) is 0.575. The van der Waals surface area contributed by atoms with E-state index in [0.29, 0.717) is 37.5 Å². The Labute approximate surface area is 176 Å². The van der Waals surface area contributed by atoms with Gasteiger partial charge in [-0.2, -0.15) is 5.10 Å². The summed E-state index contributed by atoms with van der Waals surface area (Å²) in [5.41, 5.74) is 1.13. The molecule has 8 nitrogen and oxygen atoms in total. The van der Waals surface area contributed by atoms with Crippen LogP contribution in [0.3, 0.4) is 0 Å². The van der Waals surface area contributed by atoms with Crippen molar-refractivity contribution in [1.82, 2.24) is 14.7 Å². The van der Waals surface area contributed by atoms with Gasteiger partial charge in [-0.05, 0) is 6.92 Å². The topological polar surface area (TPSA) is 79.7 Å². The Bertz CT molecular complexity index is 1000. The van der Waals surface area contributed by atoms with Crippen LogP contribution in [0.15, 0.2) is 18.3 Å². The summed E-state index contributed by atoms with van der Waals surface area (Å²) >= 11 is 0. The van der Waals surface area contributed by atoms with Crippen molar-refractivity contribution >= 4 is 23.3 Å². The Balaban J connectivity index is 1.53. The molecular formula is C20H22F3N5O3. The first-order valence-electron chi connectivity index (χ1n) is 9.84. The molecule has 1 aromatic carbocycles. The van der Waals surface area contributed by atoms with Gasteiger partial charge < -0.3 is 19.9 Å². The second-order valence-electron chi connectivity index (χ2n) is 7.85. The van der Waals surface area contributed by atoms with Gasteiger partial charge in [0, 0.05) is 43.8 Å². The van der Waals surface area contributed by atoms with E-state index in [2.05, 4.69) is 10.4 Å². The summed E-state index contributed by atoms with van der Waals surface area (Å²) in [5.74, 6) is -4.33. The number of ether oxygens (including phenoxy) is 1. The maximum absolute atomic E-state index is 13.5. The molecule has 0 spiro atoms. The van der Waals surface area contributed by atoms with Crippen LogP contribution < -0.4 is 10.2 Å². The van der Waals surface area contributed by atoms with Crippen LogP contribution in [0.4, 0.5) is 29.3 Å². The molecule has 166 valence electrons. The largest absolute Gasteiger partial charge is 0.384 e. The molecule has 3 amide bonds. The van der Waals surface area contributed by atoms with Crippen LogP contribution in [0.1, 0.15) is 19.0 Å². The predicted octanol–water partition coefficient (Wildman–Crippen LogP) is 2.74. The number of halogens is 3. The molecule has 31 heavy (non-hydrogen) atoms. The number of hydrogen-bond acceptors (Lipinski definition) is 4. The van der Waals surface area contributed by atoms with Gasteiger partial charge in [0.1, 0.15) is 0 Å². The number of aromatic nitrogens is 2. The standard InChI is InChI=1S/C20H22F3N5O3/c1-11-7-28-17(16(6-24-28)27-8-12(10-31-2)3-18(27)29)9-26(11)20(30)25-13-4-14(21)19(23)15(22)5-13/h4-6,11-12H,3,7-10H2,1-2H3,(H,25,30)/t11-,12?/m0/s1. The van der Waals surface area contributed by atoms with Crippen LogP contribution in [0.25, 0.3) is 0 Å². The summed E-state index contributed by atoms with van der Waals surface area (Å²) in [6.07, 6.45) is 1.99. The van der Waals surface area contributed by atoms with Crippen molar-refractivity contribution in [1.29, 1.82) is 0 Å². The monoisotopic (exact) mass is 437 g/mol. The molecule has 3 heterocycles. The summed E-state index contributed by atoms with van der Waals surface area (Å²) in [7, 11) is 1.59. The van der Waals surface area contributed by atoms with Crippen molar-refractivity contribution in [2.45, 2.75) is 32.5 Å². The molecule has 1 aromatic heterocycles. The lowest BCUT2D eigenvalue weighted by atomic mass is 10.1. The summed E-state index contributed by atoms with van der Waals surface area (Å²) in [5, 5.41) is 6.77. The van der Waals surface area contributed by atoms with Gasteiger partial charge in [-0.15, -0.1) is 0 Å². The fraction of sp³-hybridized carbons (Fsp3) is 0.450. The van der Waals surface area contributed by atoms with Crippen LogP contribution in [0, 0.1) is 23.4 Å². The van der Waals surface area contributed by atoms with Gasteiger partial charge in [-0.1, -0.05) is 0 Å². The first kappa shape index (κ1) is 21.2. The Morgan fingerprint density at radius 2 is 1.97 bits per heavy atom. The number of methoxy groups -OCH3 is 1. The van der Waals surface area contributed by atoms with Crippen LogP contribution in [0.2, 0.25) is 0 Å². The van der Waals surface area contributed by atoms with Crippen molar-refractivity contribution in [2.24, 2.45) is 5.92 Å². The molecule has 2 aliphatic heterocycles. The number of hydrogen-bond donors (Lipinski definition) is 1. The van der Waals surface area contributed by atoms with Gasteiger partial charge in [0.05, 0.1) is 43.3 Å². The molecule has 1 saturated heterocycles. The molecule has 11 heteroatoms. The Kier molecular flexibility index (Phi) is 5.61. The normalized spacial score (nSPS) is 20.9. The van der Waals surface area contributed by atoms with Crippen LogP contribution in [0.5, 0.6) is 0 Å². The summed E-state index contributed by atoms with van der Waals surface area (Å²) in [4.78, 5) is 28.4. The van der Waals surface area contributed by atoms with Gasteiger partial charge >= 0.3 is 6.03 Å². The lowest BCUT2D eigenvalue weighted by Gasteiger charge is -2.35. The Morgan fingerprint density at radius 1 is 1.26 bits per heavy atom. The minimum absolute atomic E-state index is 0.0373. The molecule has 0 saturated carbocycles. The highest BCUT2D eigenvalue weighted by Gasteiger charge is 2.36. The number of carbonyl (C=O) groups excluding carboxylic acids is 2. The fourth-order valence-corrected chi connectivity index (χ4v) is 4.07. The first-order chi connectivity index (χ1) is 14.8. The van der Waals surface area contributed by atoms with E-state index in [-0.39, 0.29) is 30.1 Å². The third kappa shape index (κ3) is 3.97. The molecule has 0 aliphatic carbocycles. The zero-order valence-electron chi connectivity index (χ0n) is 17.1. The predicted molar refractivity (Wildman–Crippen MR) is 105 cm³/mol. The van der Waals surface area contributed by atoms with Gasteiger partial charge in [-0.25, -0.2) is 18.0 Å². The van der Waals surface area contributed by atoms with Crippen molar-refractivity contribution in [3.05, 3.63) is 41.5 Å². The van der Waals surface area contributed by atoms with Gasteiger partial charge in [0.2, 0.25) is 5.91 Å². The van der Waals surface area contributed by atoms with E-state index in [0.717, 1.165) is 12.1 Å². The number of rotatable bonds is 4. The Morgan fingerprint density at radius 3 is 2.65 bits per heavy atom. The highest BCUT2D eigenvalue weighted by Crippen LogP contribution is 2.32. The molecule has 2 aliphatic rings. The van der Waals surface area contributed by atoms with Crippen molar-refractivity contribution < 1.29 is 27.5 Å². The van der Waals surface area contributed by atoms with Gasteiger partial charge in [0.25, 0.3) is 0 Å². The zero-order chi connectivity index (χ0) is 22.3. The number of benzene rings is 1. The Hall–Kier alpha value is -3.08. The highest BCUT2D eigenvalue weighted by molar-refractivity contribution is 5.96. The molecule has 2 atom stereocenters. The maximum atomic E-state index is 13.5. The zero-order valence-corrected chi connectivity index (χ0v) is 17.1. The van der Waals surface area contributed by atoms with Crippen LogP contribution in [-0.2, 0) is 22.6 Å². The minimum atomic E-state index is -1.60. The second kappa shape index (κ2) is 8.22. The van der Waals surface area contributed by atoms with Crippen molar-refractivity contribution in [2.75, 3.05) is 30.5 Å². The SMILES string of the molecule is COCC1CC(=O)N(c2cnn3c2CN(C(=O)Nc2cc(F)c(F)c(F)c2)[C@@H](C)C3)C1. The van der Waals surface area contributed by atoms with E-state index in [1.165, 1.54) is 4.90 Å². The number of amides is 3. The van der Waals surface area contributed by atoms with Crippen molar-refractivity contribution in [3.8, 4) is 0 Å². The van der Waals surface area contributed by atoms with E-state index in [1.54, 1.807) is 22.9 Å². The van der Waals surface area contributed by atoms with E-state index < -0.39 is 23.5 Å². The van der Waals surface area contributed by atoms with Crippen LogP contribution >= 0.6 is 0 Å². The van der Waals surface area contributed by atoms with E-state index >= 15 is 0 Å². The van der Waals surface area contributed by atoms with Gasteiger partial charge in [-0.3, -0.25) is 9.48 Å². The number of carbonyl (C=O) groups is 2. The molecule has 2 aromatic rings. The van der Waals surface area contributed by atoms with E-state index in [4.69, 9.17) is 4.74 Å². The summed E-state index contributed by atoms with van der Waals surface area (Å²) in [6.45, 7) is 3.32. The average molecular weight is 437 g/mol. The number of anilines is 2. The number of urea groups is 1. The number of fused-ring (bicyclic) bond motifs is 1. The summed E-state index contributed by atoms with van der Waals surface area (Å²) < 4.78 is 47.0. The third-order valence-corrected chi connectivity index (χ3v) is 5.61. The lowest BCUT2D eigenvalue weighted by molar-refractivity contribution is -0.117. The van der Waals surface area contributed by atoms with Gasteiger partial charge in [0.15, 0.2) is 17.5 Å². The average Bonchev–Trinajstić information content (AvgIpc) is 3.27. The van der Waals surface area contributed by atoms with Crippen LogP contribution in [-0.4, -0.2) is 52.9 Å². The molecular weight excluding hydrogens is 415 g/mol. The number of nitrogens with zero attached hydrogens (tertiary/aromatic N) is 4. The fourth-order valence-electron chi connectivity index (χ4n) is 4.07. The molecule has 4 rings (SSSR count). The molecule has 0 bridgehead atoms. The van der Waals surface area contributed by atoms with E-state index in [9.17, 15) is 22.8 Å². The minimum Gasteiger partial charge on any atom is -0.384 e. The first-order valence-corrected chi connectivity index (χ1v) is 9.84. The molecule has 0 radical (unpaired) electrons. The smallest absolute Gasteiger partial charge is 0.322 e. The highest BCUT2D eigenvalue weighted by atomic mass is 19.2.